The van der Waals surface area contributed by atoms with E-state index < -0.39 is 0 Å². The van der Waals surface area contributed by atoms with Gasteiger partial charge in [-0.3, -0.25) is 0 Å². The van der Waals surface area contributed by atoms with E-state index in [1.165, 1.54) is 12.8 Å². The molecule has 0 bridgehead atoms. The fraction of sp³-hybridized carbons (Fsp3) is 0.615. The molecular formula is C13H22N4. The molecule has 94 valence electrons. The molecule has 0 saturated carbocycles. The zero-order valence-corrected chi connectivity index (χ0v) is 10.6. The van der Waals surface area contributed by atoms with Crippen LogP contribution in [0.2, 0.25) is 0 Å². The maximum atomic E-state index is 4.49. The normalized spacial score (nSPS) is 20.2. The topological polar surface area (TPSA) is 33.1 Å². The predicted octanol–water partition coefficient (Wildman–Crippen LogP) is 1.65. The minimum Gasteiger partial charge on any atom is -0.338 e. The molecule has 1 aromatic rings. The third-order valence-corrected chi connectivity index (χ3v) is 3.33. The van der Waals surface area contributed by atoms with Gasteiger partial charge in [-0.25, -0.2) is 4.98 Å². The van der Waals surface area contributed by atoms with Crippen molar-refractivity contribution in [2.45, 2.75) is 32.4 Å². The molecule has 1 saturated heterocycles. The smallest absolute Gasteiger partial charge is 0.206 e. The van der Waals surface area contributed by atoms with Crippen molar-refractivity contribution in [2.75, 3.05) is 24.5 Å². The highest BCUT2D eigenvalue weighted by atomic mass is 15.3. The van der Waals surface area contributed by atoms with Crippen LogP contribution in [0.15, 0.2) is 25.0 Å². The van der Waals surface area contributed by atoms with Crippen LogP contribution in [-0.4, -0.2) is 35.2 Å². The van der Waals surface area contributed by atoms with Crippen molar-refractivity contribution in [1.82, 2.24) is 14.9 Å². The Morgan fingerprint density at radius 2 is 2.59 bits per heavy atom. The van der Waals surface area contributed by atoms with Crippen molar-refractivity contribution in [3.63, 3.8) is 0 Å². The molecule has 0 spiro atoms. The van der Waals surface area contributed by atoms with Gasteiger partial charge in [0.1, 0.15) is 0 Å². The Morgan fingerprint density at radius 3 is 3.24 bits per heavy atom. The lowest BCUT2D eigenvalue weighted by Crippen LogP contribution is -2.47. The standard InChI is InChI=1S/C13H22N4/c1-3-9-16-10-8-15-13(16)17(4-2)12-6-5-7-14-11-12/h3,8,10,12,14H,1,4-7,9,11H2,2H3. The molecule has 1 aliphatic heterocycles. The molecule has 1 aromatic heterocycles. The van der Waals surface area contributed by atoms with Crippen molar-refractivity contribution in [3.8, 4) is 0 Å². The van der Waals surface area contributed by atoms with Crippen LogP contribution in [0.5, 0.6) is 0 Å². The second kappa shape index (κ2) is 5.87. The van der Waals surface area contributed by atoms with E-state index in [0.29, 0.717) is 6.04 Å². The number of nitrogens with zero attached hydrogens (tertiary/aromatic N) is 3. The summed E-state index contributed by atoms with van der Waals surface area (Å²) >= 11 is 0. The van der Waals surface area contributed by atoms with Crippen LogP contribution < -0.4 is 10.2 Å². The Labute approximate surface area is 103 Å². The summed E-state index contributed by atoms with van der Waals surface area (Å²) in [5, 5.41) is 3.46. The van der Waals surface area contributed by atoms with E-state index in [0.717, 1.165) is 32.1 Å². The Morgan fingerprint density at radius 1 is 1.71 bits per heavy atom. The van der Waals surface area contributed by atoms with Gasteiger partial charge >= 0.3 is 0 Å². The number of nitrogens with one attached hydrogen (secondary N) is 1. The van der Waals surface area contributed by atoms with Crippen LogP contribution in [0, 0.1) is 0 Å². The number of hydrogen-bond acceptors (Lipinski definition) is 3. The molecule has 1 atom stereocenters. The van der Waals surface area contributed by atoms with E-state index in [1.54, 1.807) is 0 Å². The molecule has 0 aliphatic carbocycles. The Hall–Kier alpha value is -1.29. The number of imidazole rings is 1. The van der Waals surface area contributed by atoms with E-state index in [9.17, 15) is 0 Å². The maximum Gasteiger partial charge on any atom is 0.206 e. The first-order valence-corrected chi connectivity index (χ1v) is 6.46. The Balaban J connectivity index is 2.15. The van der Waals surface area contributed by atoms with Crippen molar-refractivity contribution in [3.05, 3.63) is 25.0 Å². The van der Waals surface area contributed by atoms with Crippen molar-refractivity contribution in [2.24, 2.45) is 0 Å². The minimum atomic E-state index is 0.569. The average molecular weight is 234 g/mol. The molecule has 0 aromatic carbocycles. The van der Waals surface area contributed by atoms with E-state index in [4.69, 9.17) is 0 Å². The Kier molecular flexibility index (Phi) is 4.20. The summed E-state index contributed by atoms with van der Waals surface area (Å²) in [7, 11) is 0. The summed E-state index contributed by atoms with van der Waals surface area (Å²) in [6.45, 7) is 10.0. The first-order valence-electron chi connectivity index (χ1n) is 6.46. The highest BCUT2D eigenvalue weighted by Crippen LogP contribution is 2.18. The summed E-state index contributed by atoms with van der Waals surface area (Å²) in [4.78, 5) is 6.89. The lowest BCUT2D eigenvalue weighted by atomic mass is 10.1. The zero-order valence-electron chi connectivity index (χ0n) is 10.6. The second-order valence-corrected chi connectivity index (χ2v) is 4.45. The van der Waals surface area contributed by atoms with Crippen molar-refractivity contribution >= 4 is 5.95 Å². The number of hydrogen-bond donors (Lipinski definition) is 1. The van der Waals surface area contributed by atoms with E-state index >= 15 is 0 Å². The SMILES string of the molecule is C=CCn1ccnc1N(CC)C1CCCNC1. The van der Waals surface area contributed by atoms with Gasteiger partial charge in [-0.05, 0) is 26.3 Å². The van der Waals surface area contributed by atoms with Gasteiger partial charge < -0.3 is 14.8 Å². The molecule has 4 heteroatoms. The molecule has 1 N–H and O–H groups in total. The first-order chi connectivity index (χ1) is 8.36. The number of anilines is 1. The molecule has 4 nitrogen and oxygen atoms in total. The van der Waals surface area contributed by atoms with Gasteiger partial charge in [-0.15, -0.1) is 6.58 Å². The van der Waals surface area contributed by atoms with Crippen LogP contribution >= 0.6 is 0 Å². The largest absolute Gasteiger partial charge is 0.338 e. The lowest BCUT2D eigenvalue weighted by Gasteiger charge is -2.34. The van der Waals surface area contributed by atoms with Crippen molar-refractivity contribution in [1.29, 1.82) is 0 Å². The number of allylic oxidation sites excluding steroid dienone is 1. The molecule has 1 aliphatic rings. The van der Waals surface area contributed by atoms with Gasteiger partial charge in [-0.2, -0.15) is 0 Å². The number of aromatic nitrogens is 2. The summed E-state index contributed by atoms with van der Waals surface area (Å²) in [6, 6.07) is 0.569. The van der Waals surface area contributed by atoms with Gasteiger partial charge in [0.05, 0.1) is 0 Å². The second-order valence-electron chi connectivity index (χ2n) is 4.45. The average Bonchev–Trinajstić information content (AvgIpc) is 2.81. The summed E-state index contributed by atoms with van der Waals surface area (Å²) < 4.78 is 2.16. The van der Waals surface area contributed by atoms with E-state index in [1.807, 2.05) is 18.5 Å². The van der Waals surface area contributed by atoms with Gasteiger partial charge in [-0.1, -0.05) is 6.08 Å². The van der Waals surface area contributed by atoms with Gasteiger partial charge in [0.2, 0.25) is 5.95 Å². The molecule has 2 rings (SSSR count). The van der Waals surface area contributed by atoms with Crippen LogP contribution in [0.4, 0.5) is 5.95 Å². The van der Waals surface area contributed by atoms with Gasteiger partial charge in [0, 0.05) is 38.1 Å². The third kappa shape index (κ3) is 2.69. The quantitative estimate of drug-likeness (QED) is 0.786. The fourth-order valence-corrected chi connectivity index (χ4v) is 2.50. The molecule has 17 heavy (non-hydrogen) atoms. The first kappa shape index (κ1) is 12.2. The summed E-state index contributed by atoms with van der Waals surface area (Å²) in [6.07, 6.45) is 8.32. The van der Waals surface area contributed by atoms with Gasteiger partial charge in [0.25, 0.3) is 0 Å². The predicted molar refractivity (Wildman–Crippen MR) is 71.3 cm³/mol. The zero-order chi connectivity index (χ0) is 12.1. The Bertz CT molecular complexity index is 352. The highest BCUT2D eigenvalue weighted by Gasteiger charge is 2.22. The minimum absolute atomic E-state index is 0.569. The van der Waals surface area contributed by atoms with Crippen LogP contribution in [0.3, 0.4) is 0 Å². The monoisotopic (exact) mass is 234 g/mol. The molecule has 0 radical (unpaired) electrons. The summed E-state index contributed by atoms with van der Waals surface area (Å²) in [5.41, 5.74) is 0. The molecule has 1 unspecified atom stereocenters. The van der Waals surface area contributed by atoms with Crippen LogP contribution in [-0.2, 0) is 6.54 Å². The number of piperidine rings is 1. The van der Waals surface area contributed by atoms with Crippen LogP contribution in [0.1, 0.15) is 19.8 Å². The number of likely N-dealkylation sites (N-methyl/N-ethyl adjacent to an activating group) is 1. The fourth-order valence-electron chi connectivity index (χ4n) is 2.50. The molecular weight excluding hydrogens is 212 g/mol. The van der Waals surface area contributed by atoms with E-state index in [2.05, 4.69) is 33.3 Å². The van der Waals surface area contributed by atoms with E-state index in [-0.39, 0.29) is 0 Å². The third-order valence-electron chi connectivity index (χ3n) is 3.33. The van der Waals surface area contributed by atoms with Gasteiger partial charge in [0.15, 0.2) is 0 Å². The van der Waals surface area contributed by atoms with Crippen LogP contribution in [0.25, 0.3) is 0 Å². The highest BCUT2D eigenvalue weighted by molar-refractivity contribution is 5.33. The molecule has 0 amide bonds. The number of rotatable bonds is 5. The summed E-state index contributed by atoms with van der Waals surface area (Å²) in [5.74, 6) is 1.07. The molecule has 1 fully saturated rings. The van der Waals surface area contributed by atoms with Crippen molar-refractivity contribution < 1.29 is 0 Å². The lowest BCUT2D eigenvalue weighted by molar-refractivity contribution is 0.428. The maximum absolute atomic E-state index is 4.49. The molecule has 2 heterocycles.